The van der Waals surface area contributed by atoms with Crippen LogP contribution in [0.3, 0.4) is 0 Å². The van der Waals surface area contributed by atoms with Crippen molar-refractivity contribution in [3.8, 4) is 11.5 Å². The molecule has 0 fully saturated rings. The molecule has 0 aliphatic heterocycles. The van der Waals surface area contributed by atoms with Crippen LogP contribution in [0.5, 0.6) is 11.5 Å². The van der Waals surface area contributed by atoms with E-state index in [-0.39, 0.29) is 24.0 Å². The number of H-pyrrole nitrogens is 1. The van der Waals surface area contributed by atoms with Gasteiger partial charge in [-0.1, -0.05) is 18.2 Å². The van der Waals surface area contributed by atoms with Crippen LogP contribution in [0.2, 0.25) is 0 Å². The number of hydrogen-bond donors (Lipinski definition) is 3. The topological polar surface area (TPSA) is 83.6 Å². The smallest absolute Gasteiger partial charge is 0.191 e. The number of para-hydroxylation sites is 2. The molecule has 0 amide bonds. The molecule has 3 aromatic rings. The number of aromatic nitrogens is 2. The van der Waals surface area contributed by atoms with Gasteiger partial charge in [-0.05, 0) is 36.2 Å². The van der Waals surface area contributed by atoms with E-state index in [4.69, 9.17) is 9.47 Å². The third kappa shape index (κ3) is 6.25. The summed E-state index contributed by atoms with van der Waals surface area (Å²) in [6.07, 6.45) is 1.84. The van der Waals surface area contributed by atoms with E-state index in [1.54, 1.807) is 21.3 Å². The van der Waals surface area contributed by atoms with Gasteiger partial charge in [0.1, 0.15) is 5.82 Å². The molecule has 0 radical (unpaired) electrons. The number of ether oxygens (including phenoxy) is 2. The molecule has 1 aromatic heterocycles. The highest BCUT2D eigenvalue weighted by Gasteiger charge is 2.06. The number of fused-ring (bicyclic) bond motifs is 1. The van der Waals surface area contributed by atoms with Crippen LogP contribution in [0.25, 0.3) is 11.0 Å². The van der Waals surface area contributed by atoms with Crippen molar-refractivity contribution < 1.29 is 9.47 Å². The fourth-order valence-corrected chi connectivity index (χ4v) is 2.98. The van der Waals surface area contributed by atoms with Crippen LogP contribution in [0, 0.1) is 0 Å². The highest BCUT2D eigenvalue weighted by atomic mass is 127. The van der Waals surface area contributed by atoms with Crippen LogP contribution in [-0.2, 0) is 13.0 Å². The number of imidazole rings is 1. The van der Waals surface area contributed by atoms with E-state index < -0.39 is 0 Å². The number of halogens is 1. The lowest BCUT2D eigenvalue weighted by Crippen LogP contribution is -2.37. The average Bonchev–Trinajstić information content (AvgIpc) is 3.15. The van der Waals surface area contributed by atoms with Gasteiger partial charge >= 0.3 is 0 Å². The summed E-state index contributed by atoms with van der Waals surface area (Å²) in [5.74, 6) is 3.21. The van der Waals surface area contributed by atoms with Gasteiger partial charge in [-0.2, -0.15) is 0 Å². The van der Waals surface area contributed by atoms with Gasteiger partial charge < -0.3 is 25.1 Å². The van der Waals surface area contributed by atoms with Crippen molar-refractivity contribution in [2.75, 3.05) is 27.8 Å². The Morgan fingerprint density at radius 1 is 1.07 bits per heavy atom. The van der Waals surface area contributed by atoms with Crippen molar-refractivity contribution in [2.45, 2.75) is 19.4 Å². The van der Waals surface area contributed by atoms with Gasteiger partial charge in [-0.3, -0.25) is 4.99 Å². The van der Waals surface area contributed by atoms with Crippen LogP contribution >= 0.6 is 24.0 Å². The Labute approximate surface area is 188 Å². The molecular weight excluding hydrogens is 481 g/mol. The second kappa shape index (κ2) is 11.5. The van der Waals surface area contributed by atoms with Crippen molar-refractivity contribution in [3.63, 3.8) is 0 Å². The maximum absolute atomic E-state index is 5.35. The van der Waals surface area contributed by atoms with E-state index in [9.17, 15) is 0 Å². The maximum Gasteiger partial charge on any atom is 0.191 e. The first-order valence-electron chi connectivity index (χ1n) is 9.32. The lowest BCUT2D eigenvalue weighted by Gasteiger charge is -2.13. The third-order valence-electron chi connectivity index (χ3n) is 4.45. The van der Waals surface area contributed by atoms with Crippen molar-refractivity contribution in [1.29, 1.82) is 0 Å². The first kappa shape index (κ1) is 22.8. The molecule has 3 N–H and O–H groups in total. The predicted octanol–water partition coefficient (Wildman–Crippen LogP) is 3.50. The van der Waals surface area contributed by atoms with E-state index in [0.717, 1.165) is 59.3 Å². The highest BCUT2D eigenvalue weighted by molar-refractivity contribution is 14.0. The summed E-state index contributed by atoms with van der Waals surface area (Å²) in [5, 5.41) is 6.65. The quantitative estimate of drug-likeness (QED) is 0.188. The van der Waals surface area contributed by atoms with Crippen LogP contribution < -0.4 is 20.1 Å². The van der Waals surface area contributed by atoms with Crippen LogP contribution in [-0.4, -0.2) is 43.7 Å². The molecule has 0 bridgehead atoms. The molecule has 0 saturated heterocycles. The third-order valence-corrected chi connectivity index (χ3v) is 4.45. The number of hydrogen-bond acceptors (Lipinski definition) is 4. The highest BCUT2D eigenvalue weighted by Crippen LogP contribution is 2.27. The van der Waals surface area contributed by atoms with Gasteiger partial charge in [-0.15, -0.1) is 24.0 Å². The molecular formula is C21H28IN5O2. The number of aromatic amines is 1. The molecule has 7 nitrogen and oxygen atoms in total. The molecule has 0 saturated carbocycles. The summed E-state index contributed by atoms with van der Waals surface area (Å²) >= 11 is 0. The molecule has 0 aliphatic rings. The van der Waals surface area contributed by atoms with E-state index in [1.165, 1.54) is 0 Å². The van der Waals surface area contributed by atoms with E-state index in [0.29, 0.717) is 6.54 Å². The molecule has 0 unspecified atom stereocenters. The zero-order valence-electron chi connectivity index (χ0n) is 17.0. The summed E-state index contributed by atoms with van der Waals surface area (Å²) in [4.78, 5) is 12.2. The van der Waals surface area contributed by atoms with E-state index in [2.05, 4.69) is 25.6 Å². The average molecular weight is 509 g/mol. The van der Waals surface area contributed by atoms with Gasteiger partial charge in [0, 0.05) is 26.6 Å². The van der Waals surface area contributed by atoms with Crippen molar-refractivity contribution in [3.05, 3.63) is 53.9 Å². The first-order valence-corrected chi connectivity index (χ1v) is 9.32. The molecule has 3 rings (SSSR count). The standard InChI is InChI=1S/C21H27N5O2.HI/c1-22-21(24-14-15-10-11-18(27-2)19(13-15)28-3)23-12-6-9-20-25-16-7-4-5-8-17(16)26-20;/h4-5,7-8,10-11,13H,6,9,12,14H2,1-3H3,(H,25,26)(H2,22,23,24);1H. The normalized spacial score (nSPS) is 11.1. The number of aryl methyl sites for hydroxylation is 1. The molecule has 0 atom stereocenters. The summed E-state index contributed by atoms with van der Waals surface area (Å²) in [6.45, 7) is 1.45. The lowest BCUT2D eigenvalue weighted by molar-refractivity contribution is 0.354. The largest absolute Gasteiger partial charge is 0.493 e. The summed E-state index contributed by atoms with van der Waals surface area (Å²) in [5.41, 5.74) is 3.18. The van der Waals surface area contributed by atoms with Crippen molar-refractivity contribution in [2.24, 2.45) is 4.99 Å². The monoisotopic (exact) mass is 509 g/mol. The summed E-state index contributed by atoms with van der Waals surface area (Å²) in [7, 11) is 5.04. The predicted molar refractivity (Wildman–Crippen MR) is 128 cm³/mol. The molecule has 1 heterocycles. The van der Waals surface area contributed by atoms with Crippen LogP contribution in [0.1, 0.15) is 17.8 Å². The van der Waals surface area contributed by atoms with Gasteiger partial charge in [-0.25, -0.2) is 4.98 Å². The number of guanidine groups is 1. The number of aliphatic imine (C=N–C) groups is 1. The molecule has 0 aliphatic carbocycles. The van der Waals surface area contributed by atoms with Crippen LogP contribution in [0.4, 0.5) is 0 Å². The summed E-state index contributed by atoms with van der Waals surface area (Å²) < 4.78 is 10.6. The Balaban J connectivity index is 0.00000300. The van der Waals surface area contributed by atoms with Crippen LogP contribution in [0.15, 0.2) is 47.5 Å². The Morgan fingerprint density at radius 2 is 1.86 bits per heavy atom. The number of benzene rings is 2. The maximum atomic E-state index is 5.35. The summed E-state index contributed by atoms with van der Waals surface area (Å²) in [6, 6.07) is 13.9. The first-order chi connectivity index (χ1) is 13.7. The second-order valence-corrected chi connectivity index (χ2v) is 6.35. The Morgan fingerprint density at radius 3 is 2.59 bits per heavy atom. The fraction of sp³-hybridized carbons (Fsp3) is 0.333. The van der Waals surface area contributed by atoms with E-state index >= 15 is 0 Å². The lowest BCUT2D eigenvalue weighted by atomic mass is 10.2. The van der Waals surface area contributed by atoms with Gasteiger partial charge in [0.15, 0.2) is 17.5 Å². The molecule has 156 valence electrons. The minimum Gasteiger partial charge on any atom is -0.493 e. The molecule has 2 aromatic carbocycles. The second-order valence-electron chi connectivity index (χ2n) is 6.35. The van der Waals surface area contributed by atoms with Gasteiger partial charge in [0.2, 0.25) is 0 Å². The minimum atomic E-state index is 0. The SMILES string of the molecule is CN=C(NCCCc1nc2ccccc2[nH]1)NCc1ccc(OC)c(OC)c1.I. The van der Waals surface area contributed by atoms with Crippen molar-refractivity contribution in [1.82, 2.24) is 20.6 Å². The fourth-order valence-electron chi connectivity index (χ4n) is 2.98. The molecule has 29 heavy (non-hydrogen) atoms. The number of methoxy groups -OCH3 is 2. The number of rotatable bonds is 8. The zero-order valence-corrected chi connectivity index (χ0v) is 19.3. The Kier molecular flexibility index (Phi) is 9.04. The van der Waals surface area contributed by atoms with Gasteiger partial charge in [0.05, 0.1) is 25.3 Å². The van der Waals surface area contributed by atoms with E-state index in [1.807, 2.05) is 42.5 Å². The van der Waals surface area contributed by atoms with Crippen molar-refractivity contribution >= 4 is 41.0 Å². The number of nitrogens with zero attached hydrogens (tertiary/aromatic N) is 2. The molecule has 0 spiro atoms. The molecule has 8 heteroatoms. The Bertz CT molecular complexity index is 909. The number of nitrogens with one attached hydrogen (secondary N) is 3. The zero-order chi connectivity index (χ0) is 19.8. The minimum absolute atomic E-state index is 0. The van der Waals surface area contributed by atoms with Gasteiger partial charge in [0.25, 0.3) is 0 Å². The Hall–Kier alpha value is -2.49.